The minimum Gasteiger partial charge on any atom is -0.256 e. The van der Waals surface area contributed by atoms with Crippen molar-refractivity contribution >= 4 is 0 Å². The van der Waals surface area contributed by atoms with Crippen LogP contribution in [-0.4, -0.2) is 15.0 Å². The Morgan fingerprint density at radius 3 is 1.49 bits per heavy atom. The maximum atomic E-state index is 10.1. The van der Waals surface area contributed by atoms with Crippen molar-refractivity contribution < 1.29 is 5.48 Å². The van der Waals surface area contributed by atoms with Crippen LogP contribution in [0.25, 0.3) is 44.9 Å². The molecule has 9 rings (SSSR count). The molecule has 0 saturated heterocycles. The molecule has 69 heavy (non-hydrogen) atoms. The Bertz CT molecular complexity index is 3020. The lowest BCUT2D eigenvalue weighted by atomic mass is 9.77. The summed E-state index contributed by atoms with van der Waals surface area (Å²) in [5.74, 6) is 0.446. The smallest absolute Gasteiger partial charge is 0.0708 e. The summed E-state index contributed by atoms with van der Waals surface area (Å²) >= 11 is 0. The average molecular weight is 910 g/mol. The second-order valence-corrected chi connectivity index (χ2v) is 22.0. The van der Waals surface area contributed by atoms with Crippen molar-refractivity contribution in [1.29, 1.82) is 0 Å². The quantitative estimate of drug-likeness (QED) is 0.103. The van der Waals surface area contributed by atoms with Crippen LogP contribution in [0.1, 0.15) is 136 Å². The Balaban J connectivity index is 1.12. The van der Waals surface area contributed by atoms with Crippen LogP contribution in [0.4, 0.5) is 0 Å². The van der Waals surface area contributed by atoms with Gasteiger partial charge >= 0.3 is 0 Å². The molecule has 1 fully saturated rings. The zero-order valence-electron chi connectivity index (χ0n) is 45.8. The second-order valence-electron chi connectivity index (χ2n) is 22.0. The SMILES string of the molecule is [2H]C([2H])(c1cc(CC(C)(C)c2ccc(-c3ccccc3)nc2)cc(CC(C)(C)c2ccc(-c3ccccc3)nc2)c1)C([2H])([2H])c1cnc(-c2ccc(CC(C)(C)C)cc2)cc1-c1cccc(C2CCCCC2)c1. The molecular formula is C66H71N3. The number of rotatable bonds is 15. The number of nitrogens with zero attached hydrogens (tertiary/aromatic N) is 3. The van der Waals surface area contributed by atoms with E-state index in [0.717, 1.165) is 80.9 Å². The summed E-state index contributed by atoms with van der Waals surface area (Å²) in [6.45, 7) is 15.5. The van der Waals surface area contributed by atoms with E-state index < -0.39 is 23.6 Å². The van der Waals surface area contributed by atoms with E-state index in [9.17, 15) is 5.48 Å². The Morgan fingerprint density at radius 2 is 0.957 bits per heavy atom. The van der Waals surface area contributed by atoms with E-state index in [4.69, 9.17) is 15.0 Å². The van der Waals surface area contributed by atoms with Gasteiger partial charge in [0.1, 0.15) is 0 Å². The number of aryl methyl sites for hydroxylation is 2. The van der Waals surface area contributed by atoms with Gasteiger partial charge in [-0.05, 0) is 141 Å². The molecule has 0 spiro atoms. The van der Waals surface area contributed by atoms with Gasteiger partial charge in [0.2, 0.25) is 0 Å². The molecule has 350 valence electrons. The molecule has 0 N–H and O–H groups in total. The zero-order chi connectivity index (χ0) is 51.6. The van der Waals surface area contributed by atoms with E-state index in [2.05, 4.69) is 152 Å². The summed E-state index contributed by atoms with van der Waals surface area (Å²) in [6, 6.07) is 53.9. The van der Waals surface area contributed by atoms with Crippen molar-refractivity contribution in [2.45, 2.75) is 129 Å². The van der Waals surface area contributed by atoms with Gasteiger partial charge in [-0.15, -0.1) is 0 Å². The van der Waals surface area contributed by atoms with Crippen molar-refractivity contribution in [3.8, 4) is 44.9 Å². The van der Waals surface area contributed by atoms with Crippen molar-refractivity contribution in [2.24, 2.45) is 5.41 Å². The van der Waals surface area contributed by atoms with Crippen LogP contribution in [0.3, 0.4) is 0 Å². The fourth-order valence-electron chi connectivity index (χ4n) is 10.3. The average Bonchev–Trinajstić information content (AvgIpc) is 3.39. The highest BCUT2D eigenvalue weighted by Crippen LogP contribution is 2.38. The first-order valence-corrected chi connectivity index (χ1v) is 25.1. The molecule has 0 radical (unpaired) electrons. The monoisotopic (exact) mass is 910 g/mol. The summed E-state index contributed by atoms with van der Waals surface area (Å²) < 4.78 is 40.5. The minimum atomic E-state index is -2.51. The van der Waals surface area contributed by atoms with Crippen LogP contribution in [0.2, 0.25) is 0 Å². The highest BCUT2D eigenvalue weighted by atomic mass is 14.7. The molecule has 0 bridgehead atoms. The molecule has 0 atom stereocenters. The van der Waals surface area contributed by atoms with Crippen LogP contribution >= 0.6 is 0 Å². The molecule has 3 heterocycles. The zero-order valence-corrected chi connectivity index (χ0v) is 41.8. The van der Waals surface area contributed by atoms with E-state index >= 15 is 0 Å². The number of aromatic nitrogens is 3. The fraction of sp³-hybridized carbons (Fsp3) is 0.318. The molecular weight excluding hydrogens is 835 g/mol. The Hall–Kier alpha value is -6.45. The van der Waals surface area contributed by atoms with Crippen LogP contribution in [0.15, 0.2) is 176 Å². The lowest BCUT2D eigenvalue weighted by molar-refractivity contribution is 0.411. The van der Waals surface area contributed by atoms with Gasteiger partial charge in [-0.2, -0.15) is 0 Å². The van der Waals surface area contributed by atoms with E-state index in [-0.39, 0.29) is 11.0 Å². The Labute approximate surface area is 419 Å². The largest absolute Gasteiger partial charge is 0.256 e. The van der Waals surface area contributed by atoms with Crippen molar-refractivity contribution in [2.75, 3.05) is 0 Å². The molecule has 5 aromatic carbocycles. The van der Waals surface area contributed by atoms with E-state index in [1.165, 1.54) is 30.4 Å². The maximum Gasteiger partial charge on any atom is 0.0708 e. The first-order chi connectivity index (χ1) is 34.8. The molecule has 3 aromatic heterocycles. The molecule has 3 nitrogen and oxygen atoms in total. The third-order valence-electron chi connectivity index (χ3n) is 14.1. The standard InChI is InChI=1S/C66H71N3/c1-64(2,3)41-47-26-29-54(30-27-47)63-40-60(56-25-17-24-55(39-56)51-18-11-8-12-19-51)57(44-67-63)31-28-48-36-49(42-65(4,5)58-32-34-61(68-45-58)52-20-13-9-14-21-52)38-50(37-48)43-66(6,7)59-33-35-62(69-46-59)53-22-15-10-16-23-53/h9-10,13-17,20-27,29-30,32-40,44-46,51H,8,11-12,18-19,28,31,41-43H2,1-7H3/i28D2,31D2. The van der Waals surface area contributed by atoms with Crippen LogP contribution in [-0.2, 0) is 42.8 Å². The van der Waals surface area contributed by atoms with Gasteiger partial charge in [-0.1, -0.05) is 207 Å². The van der Waals surface area contributed by atoms with Crippen molar-refractivity contribution in [3.63, 3.8) is 0 Å². The van der Waals surface area contributed by atoms with Gasteiger partial charge in [-0.3, -0.25) is 15.0 Å². The van der Waals surface area contributed by atoms with Crippen LogP contribution in [0.5, 0.6) is 0 Å². The summed E-state index contributed by atoms with van der Waals surface area (Å²) in [5.41, 5.74) is 13.5. The molecule has 1 saturated carbocycles. The topological polar surface area (TPSA) is 38.7 Å². The first kappa shape index (κ1) is 42.6. The highest BCUT2D eigenvalue weighted by molar-refractivity contribution is 5.74. The third-order valence-corrected chi connectivity index (χ3v) is 14.1. The lowest BCUT2D eigenvalue weighted by Gasteiger charge is -2.28. The van der Waals surface area contributed by atoms with Crippen LogP contribution < -0.4 is 0 Å². The van der Waals surface area contributed by atoms with E-state index in [1.807, 2.05) is 67.0 Å². The summed E-state index contributed by atoms with van der Waals surface area (Å²) in [4.78, 5) is 14.7. The maximum absolute atomic E-state index is 10.1. The molecule has 3 heteroatoms. The van der Waals surface area contributed by atoms with Crippen molar-refractivity contribution in [1.82, 2.24) is 15.0 Å². The predicted molar refractivity (Wildman–Crippen MR) is 291 cm³/mol. The fourth-order valence-corrected chi connectivity index (χ4v) is 10.3. The molecule has 0 aliphatic heterocycles. The number of pyridine rings is 3. The summed E-state index contributed by atoms with van der Waals surface area (Å²) in [7, 11) is 0. The molecule has 0 unspecified atom stereocenters. The molecule has 8 aromatic rings. The number of hydrogen-bond acceptors (Lipinski definition) is 3. The first-order valence-electron chi connectivity index (χ1n) is 27.1. The normalized spacial score (nSPS) is 14.9. The molecule has 0 amide bonds. The van der Waals surface area contributed by atoms with Gasteiger partial charge < -0.3 is 0 Å². The summed E-state index contributed by atoms with van der Waals surface area (Å²) in [6.07, 6.45) is 8.58. The Morgan fingerprint density at radius 1 is 0.435 bits per heavy atom. The molecule has 1 aliphatic carbocycles. The van der Waals surface area contributed by atoms with E-state index in [0.29, 0.717) is 29.9 Å². The van der Waals surface area contributed by atoms with Gasteiger partial charge in [0.05, 0.1) is 17.1 Å². The molecule has 1 aliphatic rings. The predicted octanol–water partition coefficient (Wildman–Crippen LogP) is 17.0. The highest BCUT2D eigenvalue weighted by Gasteiger charge is 2.26. The van der Waals surface area contributed by atoms with Crippen LogP contribution in [0, 0.1) is 5.41 Å². The van der Waals surface area contributed by atoms with Gasteiger partial charge in [0.15, 0.2) is 0 Å². The van der Waals surface area contributed by atoms with Gasteiger partial charge in [0.25, 0.3) is 0 Å². The van der Waals surface area contributed by atoms with Crippen molar-refractivity contribution in [3.05, 3.63) is 221 Å². The van der Waals surface area contributed by atoms with E-state index in [1.54, 1.807) is 6.20 Å². The number of hydrogen-bond donors (Lipinski definition) is 0. The number of benzene rings is 5. The van der Waals surface area contributed by atoms with Gasteiger partial charge in [0, 0.05) is 40.8 Å². The second kappa shape index (κ2) is 20.6. The Kier molecular flexibility index (Phi) is 12.8. The lowest BCUT2D eigenvalue weighted by Crippen LogP contribution is -2.23. The summed E-state index contributed by atoms with van der Waals surface area (Å²) in [5, 5.41) is 0. The minimum absolute atomic E-state index is 0.147. The third kappa shape index (κ3) is 12.1. The van der Waals surface area contributed by atoms with Gasteiger partial charge in [-0.25, -0.2) is 0 Å².